The molecule has 0 spiro atoms. The second-order valence-electron chi connectivity index (χ2n) is 14.7. The lowest BCUT2D eigenvalue weighted by Crippen LogP contribution is -2.29. The van der Waals surface area contributed by atoms with E-state index in [4.69, 9.17) is 0 Å². The molecular weight excluding hydrogens is 536 g/mol. The molecule has 1 unspecified atom stereocenters. The predicted octanol–water partition coefficient (Wildman–Crippen LogP) is 10.1. The first-order valence-electron chi connectivity index (χ1n) is 17.6. The van der Waals surface area contributed by atoms with Crippen LogP contribution in [0.2, 0.25) is 0 Å². The Hall–Kier alpha value is -3.20. The molecule has 44 heavy (non-hydrogen) atoms. The van der Waals surface area contributed by atoms with Crippen molar-refractivity contribution in [1.82, 2.24) is 4.90 Å². The first kappa shape index (κ1) is 29.5. The normalized spacial score (nSPS) is 26.3. The van der Waals surface area contributed by atoms with E-state index in [1.165, 1.54) is 78.5 Å². The summed E-state index contributed by atoms with van der Waals surface area (Å²) in [5, 5.41) is 0. The van der Waals surface area contributed by atoms with Gasteiger partial charge < -0.3 is 4.90 Å². The van der Waals surface area contributed by atoms with Gasteiger partial charge in [-0.25, -0.2) is 0 Å². The van der Waals surface area contributed by atoms with E-state index in [-0.39, 0.29) is 5.41 Å². The number of ketones is 1. The molecule has 3 nitrogen and oxygen atoms in total. The Balaban J connectivity index is 1.04. The van der Waals surface area contributed by atoms with E-state index in [2.05, 4.69) is 78.4 Å². The quantitative estimate of drug-likeness (QED) is 0.284. The van der Waals surface area contributed by atoms with Crippen LogP contribution in [0.4, 0.5) is 0 Å². The molecule has 1 aromatic carbocycles. The van der Waals surface area contributed by atoms with Crippen LogP contribution >= 0.6 is 0 Å². The Bertz CT molecular complexity index is 1480. The highest BCUT2D eigenvalue weighted by Gasteiger charge is 2.59. The Morgan fingerprint density at radius 2 is 1.82 bits per heavy atom. The molecule has 6 aliphatic rings. The van der Waals surface area contributed by atoms with Gasteiger partial charge in [0.1, 0.15) is 0 Å². The summed E-state index contributed by atoms with van der Waals surface area (Å²) in [6.45, 7) is 6.59. The van der Waals surface area contributed by atoms with Gasteiger partial charge in [-0.1, -0.05) is 61.9 Å². The number of aliphatic imine (C=N–C) groups is 1. The maximum absolute atomic E-state index is 13.5. The van der Waals surface area contributed by atoms with Crippen LogP contribution in [0.5, 0.6) is 0 Å². The smallest absolute Gasteiger partial charge is 0.164 e. The molecule has 0 saturated heterocycles. The molecule has 7 rings (SSSR count). The van der Waals surface area contributed by atoms with Gasteiger partial charge in [0.05, 0.1) is 0 Å². The number of hydrogen-bond donors (Lipinski definition) is 0. The van der Waals surface area contributed by atoms with E-state index in [9.17, 15) is 4.79 Å². The predicted molar refractivity (Wildman–Crippen MR) is 183 cm³/mol. The third-order valence-corrected chi connectivity index (χ3v) is 11.1. The fraction of sp³-hybridized carbons (Fsp3) is 0.512. The Morgan fingerprint density at radius 1 is 0.977 bits per heavy atom. The summed E-state index contributed by atoms with van der Waals surface area (Å²) in [7, 11) is 0. The minimum Gasteiger partial charge on any atom is -0.371 e. The lowest BCUT2D eigenvalue weighted by atomic mass is 9.86. The van der Waals surface area contributed by atoms with Crippen molar-refractivity contribution in [3.05, 3.63) is 100.0 Å². The zero-order chi connectivity index (χ0) is 30.1. The number of benzene rings is 1. The number of rotatable bonds is 8. The highest BCUT2D eigenvalue weighted by Crippen LogP contribution is 2.63. The first-order valence-corrected chi connectivity index (χ1v) is 17.6. The van der Waals surface area contributed by atoms with Gasteiger partial charge in [0.25, 0.3) is 0 Å². The Labute approximate surface area is 265 Å². The zero-order valence-electron chi connectivity index (χ0n) is 27.0. The van der Waals surface area contributed by atoms with Crippen LogP contribution in [0.1, 0.15) is 114 Å². The number of carbonyl (C=O) groups is 1. The number of Topliss-reactive ketones (excluding diaryl/α,β-unsaturated/α-hetero) is 1. The maximum atomic E-state index is 13.5. The standard InChI is InChI=1S/C41H50N2O/c1-29(2)26-30-6-3-7-31(11-10-30)32-12-14-33(15-13-32)35-16-17-36-28-42-23-20-39(38(36)27-35)43-24-4-8-34(9-5-25-43)40(44)41(21-22-41)37-18-19-37/h6,8,12-16,20,23,27-29,31,37H,3-5,7,9-11,17-19,21-22,24-26H2,1-2H3/b34-8-. The zero-order valence-corrected chi connectivity index (χ0v) is 27.0. The lowest BCUT2D eigenvalue weighted by Gasteiger charge is -2.32. The average molecular weight is 587 g/mol. The lowest BCUT2D eigenvalue weighted by molar-refractivity contribution is -0.121. The summed E-state index contributed by atoms with van der Waals surface area (Å²) in [4.78, 5) is 20.6. The molecular formula is C41H50N2O. The second-order valence-corrected chi connectivity index (χ2v) is 14.7. The monoisotopic (exact) mass is 586 g/mol. The van der Waals surface area contributed by atoms with Gasteiger partial charge in [-0.15, -0.1) is 0 Å². The first-order chi connectivity index (χ1) is 21.5. The summed E-state index contributed by atoms with van der Waals surface area (Å²) in [6, 6.07) is 9.49. The van der Waals surface area contributed by atoms with Crippen molar-refractivity contribution in [2.24, 2.45) is 22.2 Å². The van der Waals surface area contributed by atoms with E-state index < -0.39 is 0 Å². The molecule has 0 amide bonds. The van der Waals surface area contributed by atoms with Crippen molar-refractivity contribution in [3.8, 4) is 0 Å². The average Bonchev–Trinajstić information content (AvgIpc) is 3.90. The van der Waals surface area contributed by atoms with Crippen molar-refractivity contribution in [1.29, 1.82) is 0 Å². The molecule has 0 N–H and O–H groups in total. The molecule has 3 heteroatoms. The van der Waals surface area contributed by atoms with Gasteiger partial charge in [-0.05, 0) is 141 Å². The van der Waals surface area contributed by atoms with Crippen molar-refractivity contribution in [3.63, 3.8) is 0 Å². The molecule has 0 bridgehead atoms. The second kappa shape index (κ2) is 12.7. The van der Waals surface area contributed by atoms with Crippen LogP contribution in [0, 0.1) is 17.3 Å². The molecule has 2 heterocycles. The summed E-state index contributed by atoms with van der Waals surface area (Å²) < 4.78 is 0. The van der Waals surface area contributed by atoms with Crippen LogP contribution in [0.15, 0.2) is 93.8 Å². The minimum absolute atomic E-state index is 0.0441. The summed E-state index contributed by atoms with van der Waals surface area (Å²) in [6.07, 6.45) is 30.6. The maximum Gasteiger partial charge on any atom is 0.164 e. The van der Waals surface area contributed by atoms with Crippen LogP contribution in [-0.4, -0.2) is 30.0 Å². The van der Waals surface area contributed by atoms with Gasteiger partial charge in [0, 0.05) is 42.2 Å². The van der Waals surface area contributed by atoms with Crippen molar-refractivity contribution >= 4 is 17.6 Å². The Morgan fingerprint density at radius 3 is 2.59 bits per heavy atom. The van der Waals surface area contributed by atoms with Crippen molar-refractivity contribution in [2.75, 3.05) is 13.1 Å². The van der Waals surface area contributed by atoms with E-state index in [1.54, 1.807) is 5.57 Å². The fourth-order valence-electron chi connectivity index (χ4n) is 8.32. The van der Waals surface area contributed by atoms with Crippen molar-refractivity contribution < 1.29 is 4.79 Å². The van der Waals surface area contributed by atoms with Crippen molar-refractivity contribution in [2.45, 2.75) is 103 Å². The number of fused-ring (bicyclic) bond motifs is 1. The molecule has 2 fully saturated rings. The summed E-state index contributed by atoms with van der Waals surface area (Å²) in [5.74, 6) is 2.59. The molecule has 1 aromatic rings. The molecule has 230 valence electrons. The number of allylic oxidation sites excluding steroid dienone is 8. The number of nitrogens with zero attached hydrogens (tertiary/aromatic N) is 2. The topological polar surface area (TPSA) is 32.7 Å². The summed E-state index contributed by atoms with van der Waals surface area (Å²) in [5.41, 5.74) is 10.8. The van der Waals surface area contributed by atoms with Gasteiger partial charge >= 0.3 is 0 Å². The van der Waals surface area contributed by atoms with Crippen LogP contribution in [-0.2, 0) is 4.79 Å². The van der Waals surface area contributed by atoms with E-state index in [1.807, 2.05) is 12.4 Å². The van der Waals surface area contributed by atoms with E-state index in [0.29, 0.717) is 17.6 Å². The summed E-state index contributed by atoms with van der Waals surface area (Å²) >= 11 is 0. The van der Waals surface area contributed by atoms with Crippen LogP contribution < -0.4 is 0 Å². The van der Waals surface area contributed by atoms with Crippen LogP contribution in [0.3, 0.4) is 0 Å². The Kier molecular flexibility index (Phi) is 8.49. The molecule has 2 saturated carbocycles. The van der Waals surface area contributed by atoms with E-state index >= 15 is 0 Å². The fourth-order valence-corrected chi connectivity index (χ4v) is 8.32. The third kappa shape index (κ3) is 6.30. The minimum atomic E-state index is 0.0441. The highest BCUT2D eigenvalue weighted by atomic mass is 16.1. The van der Waals surface area contributed by atoms with Gasteiger partial charge in [-0.3, -0.25) is 9.79 Å². The van der Waals surface area contributed by atoms with Crippen LogP contribution in [0.25, 0.3) is 5.57 Å². The molecule has 0 radical (unpaired) electrons. The highest BCUT2D eigenvalue weighted by molar-refractivity contribution is 6.02. The van der Waals surface area contributed by atoms with Gasteiger partial charge in [0.15, 0.2) is 5.78 Å². The molecule has 4 aliphatic carbocycles. The van der Waals surface area contributed by atoms with Gasteiger partial charge in [-0.2, -0.15) is 0 Å². The van der Waals surface area contributed by atoms with Gasteiger partial charge in [0.2, 0.25) is 0 Å². The number of carbonyl (C=O) groups excluding carboxylic acids is 1. The molecule has 2 aliphatic heterocycles. The molecule has 1 atom stereocenters. The number of hydrogen-bond acceptors (Lipinski definition) is 3. The third-order valence-electron chi connectivity index (χ3n) is 11.1. The SMILES string of the molecule is CC(C)CC1=CCCC(c2ccc(C3=CCC4=CN=CC=C(N5CC/C=C(\C(=O)C6(C7CC7)CC6)CCC5)C4=C3)cc2)CC1. The largest absolute Gasteiger partial charge is 0.371 e. The van der Waals surface area contributed by atoms with E-state index in [0.717, 1.165) is 63.1 Å². The molecule has 0 aromatic heterocycles.